The lowest BCUT2D eigenvalue weighted by Crippen LogP contribution is -2.33. The average molecular weight is 526 g/mol. The largest absolute Gasteiger partial charge is 0.382 e. The topological polar surface area (TPSA) is 70.7 Å². The van der Waals surface area contributed by atoms with E-state index in [1.165, 1.54) is 0 Å². The fraction of sp³-hybridized carbons (Fsp3) is 0.286. The van der Waals surface area contributed by atoms with Gasteiger partial charge in [-0.3, -0.25) is 9.59 Å². The Labute approximate surface area is 221 Å². The summed E-state index contributed by atoms with van der Waals surface area (Å²) in [5, 5.41) is 7.57. The Balaban J connectivity index is 1.42. The fourth-order valence-electron chi connectivity index (χ4n) is 4.28. The van der Waals surface area contributed by atoms with Gasteiger partial charge in [-0.1, -0.05) is 53.5 Å². The van der Waals surface area contributed by atoms with Gasteiger partial charge in [-0.25, -0.2) is 0 Å². The van der Waals surface area contributed by atoms with Gasteiger partial charge in [0.1, 0.15) is 6.17 Å². The Morgan fingerprint density at radius 1 is 1.06 bits per heavy atom. The molecule has 1 heterocycles. The summed E-state index contributed by atoms with van der Waals surface area (Å²) in [6.07, 6.45) is 1.02. The summed E-state index contributed by atoms with van der Waals surface area (Å²) in [5.74, 6) is -0.186. The van der Waals surface area contributed by atoms with Gasteiger partial charge in [0.15, 0.2) is 0 Å². The molecule has 1 aliphatic rings. The minimum Gasteiger partial charge on any atom is -0.382 e. The van der Waals surface area contributed by atoms with Crippen LogP contribution in [0.3, 0.4) is 0 Å². The van der Waals surface area contributed by atoms with Crippen molar-refractivity contribution in [2.75, 3.05) is 31.6 Å². The van der Waals surface area contributed by atoms with Gasteiger partial charge in [-0.05, 0) is 61.7 Å². The number of fused-ring (bicyclic) bond motifs is 1. The van der Waals surface area contributed by atoms with Gasteiger partial charge in [-0.15, -0.1) is 0 Å². The van der Waals surface area contributed by atoms with Crippen molar-refractivity contribution in [1.29, 1.82) is 0 Å². The first-order chi connectivity index (χ1) is 17.5. The van der Waals surface area contributed by atoms with Crippen LogP contribution in [0.25, 0.3) is 0 Å². The van der Waals surface area contributed by atoms with E-state index in [1.807, 2.05) is 54.3 Å². The first-order valence-corrected chi connectivity index (χ1v) is 12.8. The molecule has 0 aliphatic carbocycles. The lowest BCUT2D eigenvalue weighted by atomic mass is 10.1. The molecule has 2 amide bonds. The summed E-state index contributed by atoms with van der Waals surface area (Å²) in [6, 6.07) is 20.3. The predicted molar refractivity (Wildman–Crippen MR) is 144 cm³/mol. The van der Waals surface area contributed by atoms with Crippen LogP contribution in [0.1, 0.15) is 51.4 Å². The molecular weight excluding hydrogens is 497 g/mol. The van der Waals surface area contributed by atoms with Crippen LogP contribution in [-0.4, -0.2) is 43.0 Å². The summed E-state index contributed by atoms with van der Waals surface area (Å²) in [6.45, 7) is 4.21. The van der Waals surface area contributed by atoms with Crippen LogP contribution in [-0.2, 0) is 11.2 Å². The van der Waals surface area contributed by atoms with Gasteiger partial charge >= 0.3 is 0 Å². The molecule has 0 saturated carbocycles. The van der Waals surface area contributed by atoms with Crippen LogP contribution in [0.5, 0.6) is 0 Å². The van der Waals surface area contributed by atoms with Gasteiger partial charge in [0.05, 0.1) is 0 Å². The third kappa shape index (κ3) is 6.19. The highest BCUT2D eigenvalue weighted by molar-refractivity contribution is 6.35. The molecule has 6 nitrogen and oxygen atoms in total. The monoisotopic (exact) mass is 525 g/mol. The van der Waals surface area contributed by atoms with Crippen molar-refractivity contribution < 1.29 is 14.3 Å². The maximum Gasteiger partial charge on any atom is 0.256 e. The van der Waals surface area contributed by atoms with E-state index < -0.39 is 0 Å². The van der Waals surface area contributed by atoms with E-state index in [4.69, 9.17) is 27.9 Å². The van der Waals surface area contributed by atoms with Crippen molar-refractivity contribution in [3.8, 4) is 0 Å². The number of rotatable bonds is 11. The van der Waals surface area contributed by atoms with Crippen LogP contribution in [0, 0.1) is 0 Å². The van der Waals surface area contributed by atoms with E-state index in [1.54, 1.807) is 24.3 Å². The van der Waals surface area contributed by atoms with Crippen molar-refractivity contribution >= 4 is 40.7 Å². The van der Waals surface area contributed by atoms with E-state index in [2.05, 4.69) is 10.6 Å². The number of ether oxygens (including phenoxy) is 1. The standard InChI is InChI=1S/C28H29Cl2N3O3/c1-2-36-16-6-15-33-26(23-9-3-4-10-24(23)28(33)35)32-22-8-5-7-20(17-22)27(34)31-14-13-19-11-12-21(29)18-25(19)30/h3-5,7-12,17-18,26,32H,2,6,13-16H2,1H3,(H,31,34). The van der Waals surface area contributed by atoms with E-state index in [0.29, 0.717) is 53.9 Å². The zero-order valence-corrected chi connectivity index (χ0v) is 21.6. The van der Waals surface area contributed by atoms with Crippen LogP contribution in [0.4, 0.5) is 5.69 Å². The van der Waals surface area contributed by atoms with E-state index in [9.17, 15) is 9.59 Å². The SMILES string of the molecule is CCOCCCN1C(=O)c2ccccc2C1Nc1cccc(C(=O)NCCc2ccc(Cl)cc2Cl)c1. The molecular formula is C28H29Cl2N3O3. The molecule has 8 heteroatoms. The number of hydrogen-bond donors (Lipinski definition) is 2. The summed E-state index contributed by atoms with van der Waals surface area (Å²) >= 11 is 12.2. The van der Waals surface area contributed by atoms with Crippen LogP contribution in [0.15, 0.2) is 66.7 Å². The number of benzene rings is 3. The molecule has 4 rings (SSSR count). The summed E-state index contributed by atoms with van der Waals surface area (Å²) in [5.41, 5.74) is 3.83. The highest BCUT2D eigenvalue weighted by atomic mass is 35.5. The summed E-state index contributed by atoms with van der Waals surface area (Å²) in [7, 11) is 0. The fourth-order valence-corrected chi connectivity index (χ4v) is 4.79. The van der Waals surface area contributed by atoms with Gasteiger partial charge in [-0.2, -0.15) is 0 Å². The lowest BCUT2D eigenvalue weighted by molar-refractivity contribution is 0.0708. The second-order valence-corrected chi connectivity index (χ2v) is 9.35. The molecule has 0 radical (unpaired) electrons. The highest BCUT2D eigenvalue weighted by Crippen LogP contribution is 2.34. The van der Waals surface area contributed by atoms with Gasteiger partial charge in [0.2, 0.25) is 0 Å². The Morgan fingerprint density at radius 2 is 1.89 bits per heavy atom. The Morgan fingerprint density at radius 3 is 2.69 bits per heavy atom. The number of carbonyl (C=O) groups excluding carboxylic acids is 2. The zero-order valence-electron chi connectivity index (χ0n) is 20.1. The van der Waals surface area contributed by atoms with Gasteiger partial charge < -0.3 is 20.3 Å². The smallest absolute Gasteiger partial charge is 0.256 e. The molecule has 0 aromatic heterocycles. The zero-order chi connectivity index (χ0) is 25.5. The second kappa shape index (κ2) is 12.3. The minimum absolute atomic E-state index is 0.00523. The quantitative estimate of drug-likeness (QED) is 0.303. The van der Waals surface area contributed by atoms with Crippen molar-refractivity contribution in [2.24, 2.45) is 0 Å². The molecule has 1 aliphatic heterocycles. The van der Waals surface area contributed by atoms with E-state index in [-0.39, 0.29) is 18.0 Å². The number of carbonyl (C=O) groups is 2. The molecule has 3 aromatic rings. The van der Waals surface area contributed by atoms with Crippen LogP contribution >= 0.6 is 23.2 Å². The highest BCUT2D eigenvalue weighted by Gasteiger charge is 2.36. The van der Waals surface area contributed by atoms with Crippen molar-refractivity contribution in [3.05, 3.63) is 99.0 Å². The minimum atomic E-state index is -0.319. The number of amides is 2. The number of anilines is 1. The normalized spacial score (nSPS) is 14.6. The molecule has 0 saturated heterocycles. The van der Waals surface area contributed by atoms with E-state index >= 15 is 0 Å². The predicted octanol–water partition coefficient (Wildman–Crippen LogP) is 5.96. The first-order valence-electron chi connectivity index (χ1n) is 12.0. The van der Waals surface area contributed by atoms with Crippen molar-refractivity contribution in [2.45, 2.75) is 25.9 Å². The number of halogens is 2. The summed E-state index contributed by atoms with van der Waals surface area (Å²) < 4.78 is 5.46. The van der Waals surface area contributed by atoms with Gasteiger partial charge in [0, 0.05) is 58.7 Å². The third-order valence-corrected chi connectivity index (χ3v) is 6.66. The van der Waals surface area contributed by atoms with Crippen molar-refractivity contribution in [1.82, 2.24) is 10.2 Å². The number of nitrogens with zero attached hydrogens (tertiary/aromatic N) is 1. The third-order valence-electron chi connectivity index (χ3n) is 6.07. The Bertz CT molecular complexity index is 1230. The molecule has 36 heavy (non-hydrogen) atoms. The molecule has 2 N–H and O–H groups in total. The molecule has 3 aromatic carbocycles. The lowest BCUT2D eigenvalue weighted by Gasteiger charge is -2.27. The Hall–Kier alpha value is -3.06. The molecule has 188 valence electrons. The molecule has 0 bridgehead atoms. The Kier molecular flexibility index (Phi) is 8.86. The molecule has 0 fully saturated rings. The van der Waals surface area contributed by atoms with E-state index in [0.717, 1.165) is 23.2 Å². The van der Waals surface area contributed by atoms with Crippen LogP contribution < -0.4 is 10.6 Å². The number of nitrogens with one attached hydrogen (secondary N) is 2. The first kappa shape index (κ1) is 26.0. The van der Waals surface area contributed by atoms with Crippen LogP contribution in [0.2, 0.25) is 10.0 Å². The van der Waals surface area contributed by atoms with Crippen molar-refractivity contribution in [3.63, 3.8) is 0 Å². The molecule has 0 spiro atoms. The van der Waals surface area contributed by atoms with Gasteiger partial charge in [0.25, 0.3) is 11.8 Å². The maximum atomic E-state index is 13.1. The molecule has 1 atom stereocenters. The second-order valence-electron chi connectivity index (χ2n) is 8.51. The average Bonchev–Trinajstić information content (AvgIpc) is 3.14. The maximum absolute atomic E-state index is 13.1. The number of hydrogen-bond acceptors (Lipinski definition) is 4. The summed E-state index contributed by atoms with van der Waals surface area (Å²) in [4.78, 5) is 27.7. The molecule has 1 unspecified atom stereocenters.